The Labute approximate surface area is 98.6 Å². The summed E-state index contributed by atoms with van der Waals surface area (Å²) < 4.78 is 0. The lowest BCUT2D eigenvalue weighted by molar-refractivity contribution is 1.27. The van der Waals surface area contributed by atoms with E-state index in [1.807, 2.05) is 42.5 Å². The number of hydrogen-bond donors (Lipinski definition) is 1. The van der Waals surface area contributed by atoms with Crippen LogP contribution in [0.5, 0.6) is 0 Å². The summed E-state index contributed by atoms with van der Waals surface area (Å²) in [4.78, 5) is 3.71. The Morgan fingerprint density at radius 3 is 2.41 bits per heavy atom. The fourth-order valence-electron chi connectivity index (χ4n) is 1.57. The minimum atomic E-state index is 0.0883. The Bertz CT molecular complexity index is 633. The fourth-order valence-corrected chi connectivity index (χ4v) is 1.57. The van der Waals surface area contributed by atoms with Crippen molar-refractivity contribution >= 4 is 5.82 Å². The molecule has 2 aromatic rings. The number of aromatic nitrogens is 1. The van der Waals surface area contributed by atoms with Crippen molar-refractivity contribution in [1.29, 1.82) is 10.5 Å². The minimum absolute atomic E-state index is 0.0883. The third-order valence-corrected chi connectivity index (χ3v) is 2.33. The summed E-state index contributed by atoms with van der Waals surface area (Å²) in [6.07, 6.45) is 2.54. The summed E-state index contributed by atoms with van der Waals surface area (Å²) in [5.41, 5.74) is 7.30. The van der Waals surface area contributed by atoms with Crippen molar-refractivity contribution in [3.8, 4) is 23.3 Å². The van der Waals surface area contributed by atoms with Crippen LogP contribution in [0.4, 0.5) is 5.82 Å². The van der Waals surface area contributed by atoms with Crippen LogP contribution in [0, 0.1) is 28.9 Å². The van der Waals surface area contributed by atoms with Crippen LogP contribution >= 0.6 is 0 Å². The summed E-state index contributed by atoms with van der Waals surface area (Å²) in [5.74, 6) is 0.0883. The Kier molecular flexibility index (Phi) is 2.72. The molecule has 1 heterocycles. The van der Waals surface area contributed by atoms with Gasteiger partial charge in [0.1, 0.15) is 29.7 Å². The van der Waals surface area contributed by atoms with Crippen molar-refractivity contribution in [2.45, 2.75) is 0 Å². The molecule has 0 bridgehead atoms. The Morgan fingerprint density at radius 1 is 1.12 bits per heavy atom. The molecule has 0 spiro atoms. The molecule has 17 heavy (non-hydrogen) atoms. The first-order chi connectivity index (χ1) is 8.27. The van der Waals surface area contributed by atoms with E-state index in [2.05, 4.69) is 11.2 Å². The first-order valence-electron chi connectivity index (χ1n) is 4.84. The van der Waals surface area contributed by atoms with E-state index >= 15 is 0 Å². The second-order valence-corrected chi connectivity index (χ2v) is 3.32. The Morgan fingerprint density at radius 2 is 1.82 bits per heavy atom. The summed E-state index contributed by atoms with van der Waals surface area (Å²) in [5, 5.41) is 18.1. The zero-order valence-electron chi connectivity index (χ0n) is 8.81. The van der Waals surface area contributed by atoms with Gasteiger partial charge in [-0.15, -0.1) is 0 Å². The quantitative estimate of drug-likeness (QED) is 0.793. The van der Waals surface area contributed by atoms with Gasteiger partial charge in [0.15, 0.2) is 0 Å². The third-order valence-electron chi connectivity index (χ3n) is 2.33. The van der Waals surface area contributed by atoms with E-state index in [-0.39, 0.29) is 16.9 Å². The van der Waals surface area contributed by atoms with Crippen molar-refractivity contribution in [3.63, 3.8) is 0 Å². The summed E-state index contributed by atoms with van der Waals surface area (Å²) in [6, 6.07) is 13.1. The highest BCUT2D eigenvalue weighted by Gasteiger charge is 2.14. The largest absolute Gasteiger partial charge is 0.383 e. The van der Waals surface area contributed by atoms with Gasteiger partial charge >= 0.3 is 0 Å². The predicted molar refractivity (Wildman–Crippen MR) is 62.4 cm³/mol. The van der Waals surface area contributed by atoms with Crippen molar-refractivity contribution in [3.05, 3.63) is 47.7 Å². The zero-order valence-corrected chi connectivity index (χ0v) is 8.81. The van der Waals surface area contributed by atoms with Crippen LogP contribution < -0.4 is 5.73 Å². The van der Waals surface area contributed by atoms with Crippen LogP contribution in [0.25, 0.3) is 11.1 Å². The topological polar surface area (TPSA) is 86.5 Å². The average Bonchev–Trinajstić information content (AvgIpc) is 2.39. The molecule has 1 aromatic carbocycles. The van der Waals surface area contributed by atoms with E-state index in [9.17, 15) is 0 Å². The number of rotatable bonds is 1. The lowest BCUT2D eigenvalue weighted by atomic mass is 9.97. The Balaban J connectivity index is 2.81. The van der Waals surface area contributed by atoms with Crippen LogP contribution in [-0.4, -0.2) is 4.98 Å². The van der Waals surface area contributed by atoms with Gasteiger partial charge in [0.2, 0.25) is 0 Å². The molecular formula is C13H7N4. The molecule has 0 fully saturated rings. The number of nitriles is 2. The molecule has 0 saturated heterocycles. The highest BCUT2D eigenvalue weighted by atomic mass is 14.8. The maximum atomic E-state index is 9.09. The molecule has 4 nitrogen and oxygen atoms in total. The molecule has 79 valence electrons. The zero-order chi connectivity index (χ0) is 12.3. The smallest absolute Gasteiger partial charge is 0.142 e. The lowest BCUT2D eigenvalue weighted by Crippen LogP contribution is -2.00. The first kappa shape index (κ1) is 10.7. The molecule has 0 aliphatic rings. The maximum Gasteiger partial charge on any atom is 0.142 e. The van der Waals surface area contributed by atoms with Gasteiger partial charge in [-0.2, -0.15) is 10.5 Å². The number of hydrogen-bond acceptors (Lipinski definition) is 4. The normalized spacial score (nSPS) is 9.29. The van der Waals surface area contributed by atoms with Gasteiger partial charge in [-0.3, -0.25) is 0 Å². The highest BCUT2D eigenvalue weighted by molar-refractivity contribution is 5.79. The van der Waals surface area contributed by atoms with Crippen LogP contribution in [0.2, 0.25) is 0 Å². The van der Waals surface area contributed by atoms with Gasteiger partial charge < -0.3 is 5.73 Å². The number of nitrogens with zero attached hydrogens (tertiary/aromatic N) is 3. The summed E-state index contributed by atoms with van der Waals surface area (Å²) in [7, 11) is 0. The second kappa shape index (κ2) is 4.34. The van der Waals surface area contributed by atoms with Crippen LogP contribution in [-0.2, 0) is 0 Å². The van der Waals surface area contributed by atoms with Crippen LogP contribution in [0.1, 0.15) is 11.1 Å². The van der Waals surface area contributed by atoms with Gasteiger partial charge in [0.05, 0.1) is 5.56 Å². The van der Waals surface area contributed by atoms with Crippen molar-refractivity contribution < 1.29 is 0 Å². The fraction of sp³-hybridized carbons (Fsp3) is 0. The van der Waals surface area contributed by atoms with E-state index < -0.39 is 0 Å². The lowest BCUT2D eigenvalue weighted by Gasteiger charge is -2.07. The molecule has 0 unspecified atom stereocenters. The van der Waals surface area contributed by atoms with E-state index in [1.54, 1.807) is 0 Å². The molecule has 2 N–H and O–H groups in total. The molecule has 0 aliphatic heterocycles. The average molecular weight is 219 g/mol. The second-order valence-electron chi connectivity index (χ2n) is 3.32. The molecular weight excluding hydrogens is 212 g/mol. The molecule has 0 atom stereocenters. The van der Waals surface area contributed by atoms with Crippen molar-refractivity contribution in [2.24, 2.45) is 0 Å². The summed E-state index contributed by atoms with van der Waals surface area (Å²) in [6.45, 7) is 0. The Hall–Kier alpha value is -2.85. The standard InChI is InChI=1S/C13H7N4/c14-6-10-8-17-13(16)11(7-15)12(10)9-4-2-1-3-5-9/h1-5H,(H2,16,17). The number of anilines is 1. The van der Waals surface area contributed by atoms with Crippen molar-refractivity contribution in [2.75, 3.05) is 5.73 Å². The summed E-state index contributed by atoms with van der Waals surface area (Å²) >= 11 is 0. The molecule has 0 amide bonds. The SMILES string of the molecule is N#Cc1[c]nc(N)c(C#N)c1-c1ccccc1. The number of nitrogen functional groups attached to an aromatic ring is 1. The van der Waals surface area contributed by atoms with Crippen LogP contribution in [0.15, 0.2) is 30.3 Å². The maximum absolute atomic E-state index is 9.09. The van der Waals surface area contributed by atoms with Gasteiger partial charge in [-0.25, -0.2) is 4.98 Å². The molecule has 1 aromatic heterocycles. The van der Waals surface area contributed by atoms with E-state index in [0.717, 1.165) is 5.56 Å². The number of nitrogens with two attached hydrogens (primary N) is 1. The number of pyridine rings is 1. The molecule has 0 aliphatic carbocycles. The first-order valence-corrected chi connectivity index (χ1v) is 4.84. The highest BCUT2D eigenvalue weighted by Crippen LogP contribution is 2.28. The molecule has 2 rings (SSSR count). The minimum Gasteiger partial charge on any atom is -0.383 e. The molecule has 1 radical (unpaired) electrons. The van der Waals surface area contributed by atoms with Crippen LogP contribution in [0.3, 0.4) is 0 Å². The van der Waals surface area contributed by atoms with Gasteiger partial charge in [0.25, 0.3) is 0 Å². The monoisotopic (exact) mass is 219 g/mol. The van der Waals surface area contributed by atoms with Gasteiger partial charge in [-0.05, 0) is 5.56 Å². The predicted octanol–water partition coefficient (Wildman–Crippen LogP) is 1.87. The van der Waals surface area contributed by atoms with Crippen molar-refractivity contribution in [1.82, 2.24) is 4.98 Å². The third kappa shape index (κ3) is 1.80. The van der Waals surface area contributed by atoms with E-state index in [0.29, 0.717) is 5.56 Å². The molecule has 4 heteroatoms. The number of benzene rings is 1. The molecule has 0 saturated carbocycles. The van der Waals surface area contributed by atoms with Gasteiger partial charge in [0, 0.05) is 5.56 Å². The van der Waals surface area contributed by atoms with E-state index in [4.69, 9.17) is 16.3 Å². The van der Waals surface area contributed by atoms with E-state index in [1.165, 1.54) is 0 Å². The van der Waals surface area contributed by atoms with Gasteiger partial charge in [-0.1, -0.05) is 30.3 Å².